The molecule has 348 valence electrons. The number of rotatable bonds is 29. The monoisotopic (exact) mass is 881 g/mol. The Morgan fingerprint density at radius 1 is 1.03 bits per heavy atom. The summed E-state index contributed by atoms with van der Waals surface area (Å²) in [6, 6.07) is 0.340. The van der Waals surface area contributed by atoms with E-state index in [-0.39, 0.29) is 73.9 Å². The van der Waals surface area contributed by atoms with E-state index in [4.69, 9.17) is 25.8 Å². The average Bonchev–Trinajstić information content (AvgIpc) is 3.78. The Bertz CT molecular complexity index is 1420. The molecule has 17 heteroatoms. The quantitative estimate of drug-likeness (QED) is 0.00895. The van der Waals surface area contributed by atoms with E-state index in [9.17, 15) is 34.5 Å². The molecule has 2 saturated heterocycles. The number of carbonyl (C=O) groups excluding carboxylic acids is 3. The zero-order valence-corrected chi connectivity index (χ0v) is 37.3. The van der Waals surface area contributed by atoms with Crippen LogP contribution in [0.15, 0.2) is 35.7 Å². The molecule has 7 atom stereocenters. The van der Waals surface area contributed by atoms with Crippen LogP contribution in [0.25, 0.3) is 0 Å². The lowest BCUT2D eigenvalue weighted by Gasteiger charge is -2.26. The van der Waals surface area contributed by atoms with Gasteiger partial charge in [-0.25, -0.2) is 20.2 Å². The molecule has 10 N–H and O–H groups in total. The third-order valence-electron chi connectivity index (χ3n) is 11.9. The Morgan fingerprint density at radius 2 is 1.77 bits per heavy atom. The summed E-state index contributed by atoms with van der Waals surface area (Å²) in [7, 11) is 0. The number of thioether (sulfide) groups is 1. The van der Waals surface area contributed by atoms with Gasteiger partial charge in [-0.05, 0) is 81.6 Å². The lowest BCUT2D eigenvalue weighted by atomic mass is 9.82. The number of hydrogen-bond donors (Lipinski definition) is 8. The SMILES string of the molecule is C=C(C(=O)O)C1CC/C(COC(=O)OCCC(CCO)OCCCCCCCCCCN(N)/C=C(\N)CNC(=O)CCCCC2SCC3NC(=O)NC32)=C\CCC(C)C(O)C1. The molecule has 0 spiro atoms. The van der Waals surface area contributed by atoms with Crippen LogP contribution < -0.4 is 27.5 Å². The number of nitrogens with one attached hydrogen (secondary N) is 3. The highest BCUT2D eigenvalue weighted by atomic mass is 32.2. The normalized spacial score (nSPS) is 24.4. The molecule has 2 fully saturated rings. The summed E-state index contributed by atoms with van der Waals surface area (Å²) in [6.45, 7) is 7.31. The van der Waals surface area contributed by atoms with E-state index in [0.717, 1.165) is 94.8 Å². The van der Waals surface area contributed by atoms with E-state index >= 15 is 0 Å². The van der Waals surface area contributed by atoms with Crippen molar-refractivity contribution in [1.82, 2.24) is 21.0 Å². The summed E-state index contributed by atoms with van der Waals surface area (Å²) in [4.78, 5) is 47.8. The molecule has 3 aliphatic rings. The Labute approximate surface area is 367 Å². The minimum Gasteiger partial charge on any atom is -0.478 e. The molecule has 0 radical (unpaired) electrons. The number of unbranched alkanes of at least 4 members (excludes halogenated alkanes) is 8. The first-order valence-corrected chi connectivity index (χ1v) is 23.6. The molecule has 7 unspecified atom stereocenters. The molecule has 1 aliphatic carbocycles. The molecule has 3 rings (SSSR count). The molecular weight excluding hydrogens is 805 g/mol. The number of aliphatic hydroxyl groups is 2. The molecule has 3 amide bonds. The maximum absolute atomic E-state index is 12.4. The summed E-state index contributed by atoms with van der Waals surface area (Å²) >= 11 is 1.89. The second-order valence-electron chi connectivity index (χ2n) is 16.9. The number of fused-ring (bicyclic) bond motifs is 1. The van der Waals surface area contributed by atoms with E-state index in [0.29, 0.717) is 62.6 Å². The van der Waals surface area contributed by atoms with Crippen molar-refractivity contribution in [2.24, 2.45) is 23.4 Å². The zero-order chi connectivity index (χ0) is 44.4. The third kappa shape index (κ3) is 21.4. The first-order valence-electron chi connectivity index (χ1n) is 22.6. The van der Waals surface area contributed by atoms with Gasteiger partial charge in [0.1, 0.15) is 6.61 Å². The predicted octanol–water partition coefficient (Wildman–Crippen LogP) is 5.38. The number of ether oxygens (including phenoxy) is 3. The van der Waals surface area contributed by atoms with Crippen molar-refractivity contribution in [3.05, 3.63) is 35.7 Å². The summed E-state index contributed by atoms with van der Waals surface area (Å²) in [6.07, 6.45) is 17.4. The molecule has 0 aromatic carbocycles. The molecule has 0 bridgehead atoms. The van der Waals surface area contributed by atoms with Crippen molar-refractivity contribution >= 4 is 35.8 Å². The molecule has 0 aromatic rings. The Morgan fingerprint density at radius 3 is 2.51 bits per heavy atom. The Kier molecular flexibility index (Phi) is 25.3. The van der Waals surface area contributed by atoms with Crippen LogP contribution >= 0.6 is 11.8 Å². The number of aliphatic hydroxyl groups excluding tert-OH is 2. The maximum Gasteiger partial charge on any atom is 0.508 e. The number of aliphatic carboxylic acids is 1. The first-order chi connectivity index (χ1) is 29.4. The van der Waals surface area contributed by atoms with Gasteiger partial charge in [0.25, 0.3) is 0 Å². The van der Waals surface area contributed by atoms with Gasteiger partial charge in [0, 0.05) is 61.1 Å². The van der Waals surface area contributed by atoms with Gasteiger partial charge in [-0.15, -0.1) is 0 Å². The van der Waals surface area contributed by atoms with Crippen LogP contribution in [0.4, 0.5) is 9.59 Å². The molecule has 16 nitrogen and oxygen atoms in total. The smallest absolute Gasteiger partial charge is 0.478 e. The van der Waals surface area contributed by atoms with Crippen LogP contribution in [0, 0.1) is 11.8 Å². The Hall–Kier alpha value is -3.51. The van der Waals surface area contributed by atoms with Crippen molar-refractivity contribution < 1.29 is 48.7 Å². The van der Waals surface area contributed by atoms with Crippen molar-refractivity contribution in [3.63, 3.8) is 0 Å². The second kappa shape index (κ2) is 29.7. The van der Waals surface area contributed by atoms with Gasteiger partial charge in [0.15, 0.2) is 0 Å². The highest BCUT2D eigenvalue weighted by Crippen LogP contribution is 2.33. The molecule has 61 heavy (non-hydrogen) atoms. The van der Waals surface area contributed by atoms with Gasteiger partial charge in [-0.2, -0.15) is 11.8 Å². The number of amides is 3. The lowest BCUT2D eigenvalue weighted by molar-refractivity contribution is -0.133. The van der Waals surface area contributed by atoms with E-state index in [1.165, 1.54) is 0 Å². The fourth-order valence-corrected chi connectivity index (χ4v) is 9.53. The summed E-state index contributed by atoms with van der Waals surface area (Å²) in [5.74, 6) is 5.58. The number of urea groups is 1. The first kappa shape index (κ1) is 51.8. The fourth-order valence-electron chi connectivity index (χ4n) is 7.98. The summed E-state index contributed by atoms with van der Waals surface area (Å²) in [5, 5.41) is 40.3. The molecule has 0 saturated carbocycles. The lowest BCUT2D eigenvalue weighted by Crippen LogP contribution is -2.36. The van der Waals surface area contributed by atoms with Crippen molar-refractivity contribution in [3.8, 4) is 0 Å². The second-order valence-corrected chi connectivity index (χ2v) is 18.2. The molecule has 0 aromatic heterocycles. The largest absolute Gasteiger partial charge is 0.508 e. The van der Waals surface area contributed by atoms with Crippen LogP contribution in [0.5, 0.6) is 0 Å². The predicted molar refractivity (Wildman–Crippen MR) is 237 cm³/mol. The van der Waals surface area contributed by atoms with Gasteiger partial charge in [0.2, 0.25) is 5.91 Å². The topological polar surface area (TPSA) is 248 Å². The summed E-state index contributed by atoms with van der Waals surface area (Å²) < 4.78 is 16.7. The summed E-state index contributed by atoms with van der Waals surface area (Å²) in [5.41, 5.74) is 7.57. The van der Waals surface area contributed by atoms with E-state index < -0.39 is 18.2 Å². The standard InChI is InChI=1S/C44H76N6O10S/c1-31-14-13-15-33(18-19-34(26-38(31)52)32(2)42(54)55)29-60-44(57)59-25-21-36(20-23-51)58-24-12-8-6-4-3-5-7-11-22-50(46)28-35(45)27-47-40(53)17-10-9-16-39-41-37(30-61-39)48-43(56)49-41/h15,28,31,34,36-39,41,51-52H,2-14,16-27,29-30,45-46H2,1H3,(H,47,53)(H,54,55)(H2,48,49,56)/b33-15+,35-28-. The number of carboxylic acids is 1. The van der Waals surface area contributed by atoms with Gasteiger partial charge < -0.3 is 56.2 Å². The highest BCUT2D eigenvalue weighted by molar-refractivity contribution is 8.00. The number of carboxylic acid groups (broad SMARTS) is 1. The molecule has 2 aliphatic heterocycles. The number of nitrogens with two attached hydrogens (primary N) is 2. The number of allylic oxidation sites excluding steroid dienone is 1. The van der Waals surface area contributed by atoms with Gasteiger partial charge in [0.05, 0.1) is 37.4 Å². The Balaban J connectivity index is 1.15. The molecular formula is C44H76N6O10S. The van der Waals surface area contributed by atoms with Gasteiger partial charge >= 0.3 is 18.2 Å². The number of hydrogen-bond acceptors (Lipinski definition) is 13. The van der Waals surface area contributed by atoms with Crippen LogP contribution in [-0.2, 0) is 23.8 Å². The fraction of sp³-hybridized carbons (Fsp3) is 0.773. The zero-order valence-electron chi connectivity index (χ0n) is 36.5. The third-order valence-corrected chi connectivity index (χ3v) is 13.4. The van der Waals surface area contributed by atoms with Crippen molar-refractivity contribution in [1.29, 1.82) is 0 Å². The average molecular weight is 881 g/mol. The van der Waals surface area contributed by atoms with Crippen LogP contribution in [0.3, 0.4) is 0 Å². The van der Waals surface area contributed by atoms with Gasteiger partial charge in [-0.3, -0.25) is 4.79 Å². The van der Waals surface area contributed by atoms with Crippen LogP contribution in [-0.4, -0.2) is 119 Å². The van der Waals surface area contributed by atoms with E-state index in [1.807, 2.05) is 24.8 Å². The maximum atomic E-state index is 12.4. The molecule has 2 heterocycles. The van der Waals surface area contributed by atoms with Crippen LogP contribution in [0.1, 0.15) is 129 Å². The number of hydrazine groups is 1. The highest BCUT2D eigenvalue weighted by Gasteiger charge is 2.42. The van der Waals surface area contributed by atoms with E-state index in [1.54, 1.807) is 11.2 Å². The van der Waals surface area contributed by atoms with E-state index in [2.05, 4.69) is 22.5 Å². The van der Waals surface area contributed by atoms with Crippen molar-refractivity contribution in [2.75, 3.05) is 45.3 Å². The minimum absolute atomic E-state index is 0.00274. The van der Waals surface area contributed by atoms with Gasteiger partial charge in [-0.1, -0.05) is 64.5 Å². The number of carbonyl (C=O) groups is 4. The minimum atomic E-state index is -1.07. The van der Waals surface area contributed by atoms with Crippen LogP contribution in [0.2, 0.25) is 0 Å². The van der Waals surface area contributed by atoms with Crippen molar-refractivity contribution in [2.45, 2.75) is 158 Å². The number of nitrogens with zero attached hydrogens (tertiary/aromatic N) is 1.